The van der Waals surface area contributed by atoms with Crippen LogP contribution in [0.2, 0.25) is 0 Å². The topological polar surface area (TPSA) is 57.7 Å². The summed E-state index contributed by atoms with van der Waals surface area (Å²) < 4.78 is 0. The Morgan fingerprint density at radius 1 is 1.10 bits per heavy atom. The summed E-state index contributed by atoms with van der Waals surface area (Å²) in [6.07, 6.45) is 6.42. The molecule has 1 aliphatic heterocycles. The number of imide groups is 2. The molecule has 0 aromatic carbocycles. The molecule has 0 aromatic rings. The Balaban J connectivity index is 2.63. The van der Waals surface area contributed by atoms with Crippen LogP contribution in [0, 0.1) is 5.92 Å². The summed E-state index contributed by atoms with van der Waals surface area (Å²) in [6, 6.07) is -0.584. The summed E-state index contributed by atoms with van der Waals surface area (Å²) in [4.78, 5) is 37.4. The van der Waals surface area contributed by atoms with Crippen LogP contribution in [0.5, 0.6) is 0 Å². The normalized spacial score (nSPS) is 17.2. The van der Waals surface area contributed by atoms with Crippen molar-refractivity contribution in [3.63, 3.8) is 0 Å². The van der Waals surface area contributed by atoms with Crippen LogP contribution in [-0.4, -0.2) is 41.7 Å². The van der Waals surface area contributed by atoms with Gasteiger partial charge in [0.05, 0.1) is 0 Å². The molecule has 0 radical (unpaired) electrons. The molecular formula is C16H24N2O3. The Morgan fingerprint density at radius 2 is 1.62 bits per heavy atom. The highest BCUT2D eigenvalue weighted by Gasteiger charge is 2.37. The van der Waals surface area contributed by atoms with E-state index in [1.165, 1.54) is 19.7 Å². The fraction of sp³-hybridized carbons (Fsp3) is 0.562. The number of barbiturate groups is 1. The second kappa shape index (κ2) is 7.20. The molecule has 21 heavy (non-hydrogen) atoms. The molecule has 0 aliphatic carbocycles. The quantitative estimate of drug-likeness (QED) is 0.339. The van der Waals surface area contributed by atoms with Crippen LogP contribution >= 0.6 is 0 Å². The second-order valence-electron chi connectivity index (χ2n) is 5.78. The van der Waals surface area contributed by atoms with Gasteiger partial charge in [0, 0.05) is 14.1 Å². The first-order valence-corrected chi connectivity index (χ1v) is 7.21. The third kappa shape index (κ3) is 4.28. The minimum atomic E-state index is -0.584. The fourth-order valence-corrected chi connectivity index (χ4v) is 2.36. The van der Waals surface area contributed by atoms with E-state index < -0.39 is 17.8 Å². The molecule has 1 heterocycles. The molecule has 1 aliphatic rings. The highest BCUT2D eigenvalue weighted by Crippen LogP contribution is 2.17. The molecule has 0 spiro atoms. The maximum Gasteiger partial charge on any atom is 0.333 e. The standard InChI is InChI=1S/C16H24N2O3/c1-11(2)10-12(3)8-6-7-9-13-14(19)17(4)16(21)18(5)15(13)20/h9-10,12H,6-8H2,1-5H3. The number of hydrogen-bond donors (Lipinski definition) is 0. The number of allylic oxidation sites excluding steroid dienone is 3. The minimum Gasteiger partial charge on any atom is -0.268 e. The highest BCUT2D eigenvalue weighted by molar-refractivity contribution is 6.28. The van der Waals surface area contributed by atoms with Crippen molar-refractivity contribution in [3.05, 3.63) is 23.3 Å². The number of hydrogen-bond acceptors (Lipinski definition) is 3. The first-order valence-electron chi connectivity index (χ1n) is 7.21. The maximum atomic E-state index is 11.9. The summed E-state index contributed by atoms with van der Waals surface area (Å²) in [5.74, 6) is -0.543. The van der Waals surface area contributed by atoms with E-state index in [0.29, 0.717) is 12.3 Å². The predicted molar refractivity (Wildman–Crippen MR) is 81.5 cm³/mol. The minimum absolute atomic E-state index is 0.0921. The van der Waals surface area contributed by atoms with Gasteiger partial charge in [0.25, 0.3) is 11.8 Å². The largest absolute Gasteiger partial charge is 0.333 e. The van der Waals surface area contributed by atoms with Gasteiger partial charge >= 0.3 is 6.03 Å². The number of nitrogens with zero attached hydrogens (tertiary/aromatic N) is 2. The molecule has 116 valence electrons. The van der Waals surface area contributed by atoms with Gasteiger partial charge in [0.2, 0.25) is 0 Å². The summed E-state index contributed by atoms with van der Waals surface area (Å²) in [7, 11) is 2.77. The first kappa shape index (κ1) is 17.1. The molecule has 1 fully saturated rings. The van der Waals surface area contributed by atoms with Crippen LogP contribution in [0.15, 0.2) is 23.3 Å². The van der Waals surface area contributed by atoms with Crippen LogP contribution in [0.1, 0.15) is 40.0 Å². The molecule has 0 saturated carbocycles. The Labute approximate surface area is 126 Å². The van der Waals surface area contributed by atoms with Crippen molar-refractivity contribution in [3.8, 4) is 0 Å². The van der Waals surface area contributed by atoms with Crippen molar-refractivity contribution in [2.75, 3.05) is 14.1 Å². The number of unbranched alkanes of at least 4 members (excludes halogenated alkanes) is 1. The molecule has 1 rings (SSSR count). The fourth-order valence-electron chi connectivity index (χ4n) is 2.36. The van der Waals surface area contributed by atoms with E-state index in [4.69, 9.17) is 0 Å². The van der Waals surface area contributed by atoms with Gasteiger partial charge in [-0.15, -0.1) is 0 Å². The van der Waals surface area contributed by atoms with E-state index in [9.17, 15) is 14.4 Å². The summed E-state index contributed by atoms with van der Waals surface area (Å²) in [6.45, 7) is 6.29. The van der Waals surface area contributed by atoms with E-state index in [1.807, 2.05) is 0 Å². The Bertz CT molecular complexity index is 476. The average molecular weight is 292 g/mol. The number of rotatable bonds is 5. The van der Waals surface area contributed by atoms with E-state index in [2.05, 4.69) is 26.8 Å². The lowest BCUT2D eigenvalue weighted by Crippen LogP contribution is -2.53. The predicted octanol–water partition coefficient (Wildman–Crippen LogP) is 2.74. The lowest BCUT2D eigenvalue weighted by Gasteiger charge is -2.28. The van der Waals surface area contributed by atoms with Crippen LogP contribution in [-0.2, 0) is 9.59 Å². The second-order valence-corrected chi connectivity index (χ2v) is 5.78. The Hall–Kier alpha value is -1.91. The van der Waals surface area contributed by atoms with Crippen LogP contribution < -0.4 is 0 Å². The van der Waals surface area contributed by atoms with Crippen molar-refractivity contribution >= 4 is 17.8 Å². The molecule has 5 heteroatoms. The number of amides is 4. The number of carbonyl (C=O) groups excluding carboxylic acids is 3. The highest BCUT2D eigenvalue weighted by atomic mass is 16.2. The SMILES string of the molecule is CC(C)=CC(C)CCCC=C1C(=O)N(C)C(=O)N(C)C1=O. The summed E-state index contributed by atoms with van der Waals surface area (Å²) in [5, 5.41) is 0. The van der Waals surface area contributed by atoms with Crippen LogP contribution in [0.4, 0.5) is 4.79 Å². The Kier molecular flexibility index (Phi) is 5.88. The molecule has 4 amide bonds. The van der Waals surface area contributed by atoms with Gasteiger partial charge in [-0.2, -0.15) is 0 Å². The van der Waals surface area contributed by atoms with Crippen molar-refractivity contribution in [1.29, 1.82) is 0 Å². The van der Waals surface area contributed by atoms with Crippen molar-refractivity contribution in [2.45, 2.75) is 40.0 Å². The molecular weight excluding hydrogens is 268 g/mol. The molecule has 1 atom stereocenters. The third-order valence-corrected chi connectivity index (χ3v) is 3.47. The first-order chi connectivity index (χ1) is 9.75. The van der Waals surface area contributed by atoms with Gasteiger partial charge in [0.15, 0.2) is 0 Å². The van der Waals surface area contributed by atoms with E-state index in [0.717, 1.165) is 22.6 Å². The van der Waals surface area contributed by atoms with E-state index in [-0.39, 0.29) is 5.57 Å². The number of carbonyl (C=O) groups is 3. The van der Waals surface area contributed by atoms with Gasteiger partial charge in [-0.25, -0.2) is 4.79 Å². The number of likely N-dealkylation sites (N-methyl/N-ethyl adjacent to an activating group) is 2. The zero-order valence-electron chi connectivity index (χ0n) is 13.5. The molecule has 1 saturated heterocycles. The van der Waals surface area contributed by atoms with Crippen LogP contribution in [0.3, 0.4) is 0 Å². The molecule has 5 nitrogen and oxygen atoms in total. The van der Waals surface area contributed by atoms with Gasteiger partial charge < -0.3 is 0 Å². The van der Waals surface area contributed by atoms with Crippen molar-refractivity contribution in [2.24, 2.45) is 5.92 Å². The van der Waals surface area contributed by atoms with Gasteiger partial charge in [-0.1, -0.05) is 24.6 Å². The Morgan fingerprint density at radius 3 is 2.10 bits per heavy atom. The van der Waals surface area contributed by atoms with Gasteiger partial charge in [-0.05, 0) is 39.0 Å². The summed E-state index contributed by atoms with van der Waals surface area (Å²) in [5.41, 5.74) is 1.38. The smallest absolute Gasteiger partial charge is 0.268 e. The van der Waals surface area contributed by atoms with E-state index >= 15 is 0 Å². The van der Waals surface area contributed by atoms with Crippen LogP contribution in [0.25, 0.3) is 0 Å². The van der Waals surface area contributed by atoms with Gasteiger partial charge in [0.1, 0.15) is 5.57 Å². The molecule has 1 unspecified atom stereocenters. The van der Waals surface area contributed by atoms with Crippen molar-refractivity contribution < 1.29 is 14.4 Å². The maximum absolute atomic E-state index is 11.9. The monoisotopic (exact) mass is 292 g/mol. The zero-order valence-corrected chi connectivity index (χ0v) is 13.5. The third-order valence-electron chi connectivity index (χ3n) is 3.47. The lowest BCUT2D eigenvalue weighted by atomic mass is 10.0. The lowest BCUT2D eigenvalue weighted by molar-refractivity contribution is -0.134. The van der Waals surface area contributed by atoms with Gasteiger partial charge in [-0.3, -0.25) is 19.4 Å². The molecule has 0 bridgehead atoms. The van der Waals surface area contributed by atoms with Crippen molar-refractivity contribution in [1.82, 2.24) is 9.80 Å². The molecule has 0 N–H and O–H groups in total. The van der Waals surface area contributed by atoms with E-state index in [1.54, 1.807) is 6.08 Å². The number of urea groups is 1. The average Bonchev–Trinajstić information content (AvgIpc) is 2.41. The molecule has 0 aromatic heterocycles. The zero-order chi connectivity index (χ0) is 16.2. The summed E-state index contributed by atoms with van der Waals surface area (Å²) >= 11 is 0.